The van der Waals surface area contributed by atoms with Gasteiger partial charge >= 0.3 is 6.18 Å². The molecule has 0 heterocycles. The Morgan fingerprint density at radius 3 is 2.28 bits per heavy atom. The molecule has 1 aromatic rings. The molecule has 0 spiro atoms. The first-order chi connectivity index (χ1) is 7.71. The van der Waals surface area contributed by atoms with Gasteiger partial charge in [-0.15, -0.1) is 12.4 Å². The SMILES string of the molecule is CC(C)C[C@@H](N)c1cc(C(F)(F)F)ccc1Br.Cl. The van der Waals surface area contributed by atoms with E-state index in [0.717, 1.165) is 12.1 Å². The van der Waals surface area contributed by atoms with Crippen LogP contribution in [0.2, 0.25) is 0 Å². The number of hydrogen-bond donors (Lipinski definition) is 1. The van der Waals surface area contributed by atoms with Crippen LogP contribution in [-0.4, -0.2) is 0 Å². The maximum Gasteiger partial charge on any atom is 0.416 e. The van der Waals surface area contributed by atoms with Crippen molar-refractivity contribution in [3.63, 3.8) is 0 Å². The zero-order valence-corrected chi connectivity index (χ0v) is 12.5. The molecule has 0 aliphatic rings. The van der Waals surface area contributed by atoms with E-state index in [-0.39, 0.29) is 18.4 Å². The number of halogens is 5. The molecule has 0 amide bonds. The van der Waals surface area contributed by atoms with Crippen LogP contribution in [0.4, 0.5) is 13.2 Å². The summed E-state index contributed by atoms with van der Waals surface area (Å²) in [7, 11) is 0. The number of hydrogen-bond acceptors (Lipinski definition) is 1. The molecular weight excluding hydrogens is 330 g/mol. The standard InChI is InChI=1S/C12H15BrF3N.ClH/c1-7(2)5-11(17)9-6-8(12(14,15)16)3-4-10(9)13;/h3-4,6-7,11H,5,17H2,1-2H3;1H/t11-;/m1./s1. The van der Waals surface area contributed by atoms with Crippen LogP contribution in [0.25, 0.3) is 0 Å². The predicted octanol–water partition coefficient (Wildman–Crippen LogP) is 4.94. The van der Waals surface area contributed by atoms with Crippen molar-refractivity contribution in [2.45, 2.75) is 32.5 Å². The fraction of sp³-hybridized carbons (Fsp3) is 0.500. The van der Waals surface area contributed by atoms with Crippen LogP contribution < -0.4 is 5.73 Å². The Labute approximate surface area is 119 Å². The average Bonchev–Trinajstić information content (AvgIpc) is 2.15. The molecule has 0 bridgehead atoms. The first-order valence-electron chi connectivity index (χ1n) is 5.34. The van der Waals surface area contributed by atoms with Gasteiger partial charge in [-0.25, -0.2) is 0 Å². The molecule has 0 fully saturated rings. The van der Waals surface area contributed by atoms with E-state index in [2.05, 4.69) is 15.9 Å². The first kappa shape index (κ1) is 17.7. The van der Waals surface area contributed by atoms with Gasteiger partial charge in [0.2, 0.25) is 0 Å². The molecular formula is C12H16BrClF3N. The van der Waals surface area contributed by atoms with Gasteiger partial charge < -0.3 is 5.73 Å². The van der Waals surface area contributed by atoms with Crippen molar-refractivity contribution in [1.29, 1.82) is 0 Å². The Morgan fingerprint density at radius 1 is 1.28 bits per heavy atom. The summed E-state index contributed by atoms with van der Waals surface area (Å²) in [6.45, 7) is 3.97. The van der Waals surface area contributed by atoms with Crippen molar-refractivity contribution in [3.8, 4) is 0 Å². The van der Waals surface area contributed by atoms with Crippen LogP contribution in [0.5, 0.6) is 0 Å². The van der Waals surface area contributed by atoms with Gasteiger partial charge in [0.15, 0.2) is 0 Å². The van der Waals surface area contributed by atoms with Gasteiger partial charge in [-0.2, -0.15) is 13.2 Å². The average molecular weight is 347 g/mol. The Balaban J connectivity index is 0.00000289. The van der Waals surface area contributed by atoms with Crippen LogP contribution in [0.1, 0.15) is 37.4 Å². The summed E-state index contributed by atoms with van der Waals surface area (Å²) in [5.41, 5.74) is 5.76. The van der Waals surface area contributed by atoms with Crippen molar-refractivity contribution in [3.05, 3.63) is 33.8 Å². The van der Waals surface area contributed by atoms with Crippen molar-refractivity contribution < 1.29 is 13.2 Å². The van der Waals surface area contributed by atoms with Crippen LogP contribution in [0.3, 0.4) is 0 Å². The van der Waals surface area contributed by atoms with Gasteiger partial charge in [0, 0.05) is 10.5 Å². The van der Waals surface area contributed by atoms with Crippen molar-refractivity contribution >= 4 is 28.3 Å². The summed E-state index contributed by atoms with van der Waals surface area (Å²) in [5, 5.41) is 0. The van der Waals surface area contributed by atoms with Crippen LogP contribution in [0.15, 0.2) is 22.7 Å². The highest BCUT2D eigenvalue weighted by Gasteiger charge is 2.31. The highest BCUT2D eigenvalue weighted by atomic mass is 79.9. The number of benzene rings is 1. The summed E-state index contributed by atoms with van der Waals surface area (Å²) in [6.07, 6.45) is -3.67. The maximum atomic E-state index is 12.6. The summed E-state index contributed by atoms with van der Waals surface area (Å²) in [6, 6.07) is 3.19. The number of alkyl halides is 3. The lowest BCUT2D eigenvalue weighted by molar-refractivity contribution is -0.137. The summed E-state index contributed by atoms with van der Waals surface area (Å²) < 4.78 is 38.3. The van der Waals surface area contributed by atoms with Crippen LogP contribution >= 0.6 is 28.3 Å². The van der Waals surface area contributed by atoms with Gasteiger partial charge in [-0.3, -0.25) is 0 Å². The molecule has 1 nitrogen and oxygen atoms in total. The van der Waals surface area contributed by atoms with E-state index in [4.69, 9.17) is 5.73 Å². The second-order valence-electron chi connectivity index (χ2n) is 4.47. The van der Waals surface area contributed by atoms with E-state index >= 15 is 0 Å². The fourth-order valence-corrected chi connectivity index (χ4v) is 2.18. The van der Waals surface area contributed by atoms with E-state index < -0.39 is 11.7 Å². The second kappa shape index (κ2) is 6.78. The Hall–Kier alpha value is -0.260. The zero-order valence-electron chi connectivity index (χ0n) is 10.1. The van der Waals surface area contributed by atoms with Gasteiger partial charge in [0.1, 0.15) is 0 Å². The molecule has 1 aromatic carbocycles. The maximum absolute atomic E-state index is 12.6. The topological polar surface area (TPSA) is 26.0 Å². The Kier molecular flexibility index (Phi) is 6.68. The largest absolute Gasteiger partial charge is 0.416 e. The third-order valence-electron chi connectivity index (χ3n) is 2.45. The van der Waals surface area contributed by atoms with Gasteiger partial charge in [0.05, 0.1) is 5.56 Å². The Morgan fingerprint density at radius 2 is 1.83 bits per heavy atom. The highest BCUT2D eigenvalue weighted by molar-refractivity contribution is 9.10. The van der Waals surface area contributed by atoms with Crippen LogP contribution in [-0.2, 0) is 6.18 Å². The molecule has 0 saturated heterocycles. The van der Waals surface area contributed by atoms with E-state index in [1.807, 2.05) is 13.8 Å². The van der Waals surface area contributed by atoms with E-state index in [1.165, 1.54) is 6.07 Å². The third-order valence-corrected chi connectivity index (χ3v) is 3.17. The smallest absolute Gasteiger partial charge is 0.324 e. The summed E-state index contributed by atoms with van der Waals surface area (Å²) in [5.74, 6) is 0.339. The third kappa shape index (κ3) is 4.78. The fourth-order valence-electron chi connectivity index (χ4n) is 1.64. The molecule has 2 N–H and O–H groups in total. The van der Waals surface area contributed by atoms with Crippen LogP contribution in [0, 0.1) is 5.92 Å². The molecule has 1 rings (SSSR count). The molecule has 0 aromatic heterocycles. The van der Waals surface area contributed by atoms with Crippen molar-refractivity contribution in [2.75, 3.05) is 0 Å². The second-order valence-corrected chi connectivity index (χ2v) is 5.32. The van der Waals surface area contributed by atoms with Gasteiger partial charge in [-0.05, 0) is 36.1 Å². The summed E-state index contributed by atoms with van der Waals surface area (Å²) >= 11 is 3.24. The molecule has 0 saturated carbocycles. The highest BCUT2D eigenvalue weighted by Crippen LogP contribution is 2.34. The van der Waals surface area contributed by atoms with Gasteiger partial charge in [-0.1, -0.05) is 29.8 Å². The molecule has 104 valence electrons. The lowest BCUT2D eigenvalue weighted by atomic mass is 9.96. The first-order valence-corrected chi connectivity index (χ1v) is 6.13. The Bertz CT molecular complexity index is 393. The van der Waals surface area contributed by atoms with Crippen molar-refractivity contribution in [2.24, 2.45) is 11.7 Å². The molecule has 1 atom stereocenters. The zero-order chi connectivity index (χ0) is 13.2. The summed E-state index contributed by atoms with van der Waals surface area (Å²) in [4.78, 5) is 0. The number of nitrogens with two attached hydrogens (primary N) is 1. The van der Waals surface area contributed by atoms with E-state index in [0.29, 0.717) is 22.4 Å². The minimum atomic E-state index is -4.33. The lowest BCUT2D eigenvalue weighted by Gasteiger charge is -2.18. The minimum absolute atomic E-state index is 0. The lowest BCUT2D eigenvalue weighted by Crippen LogP contribution is -2.15. The molecule has 0 radical (unpaired) electrons. The van der Waals surface area contributed by atoms with E-state index in [9.17, 15) is 13.2 Å². The molecule has 18 heavy (non-hydrogen) atoms. The number of rotatable bonds is 3. The van der Waals surface area contributed by atoms with E-state index in [1.54, 1.807) is 0 Å². The van der Waals surface area contributed by atoms with Gasteiger partial charge in [0.25, 0.3) is 0 Å². The quantitative estimate of drug-likeness (QED) is 0.824. The monoisotopic (exact) mass is 345 g/mol. The minimum Gasteiger partial charge on any atom is -0.324 e. The molecule has 0 aliphatic carbocycles. The molecule has 6 heteroatoms. The molecule has 0 unspecified atom stereocenters. The molecule has 0 aliphatic heterocycles. The predicted molar refractivity (Wildman–Crippen MR) is 72.8 cm³/mol. The van der Waals surface area contributed by atoms with Crippen molar-refractivity contribution in [1.82, 2.24) is 0 Å². The normalized spacial score (nSPS) is 13.3.